The molecule has 5 nitrogen and oxygen atoms in total. The summed E-state index contributed by atoms with van der Waals surface area (Å²) in [7, 11) is 0. The fourth-order valence-corrected chi connectivity index (χ4v) is 2.75. The summed E-state index contributed by atoms with van der Waals surface area (Å²) in [6.45, 7) is 5.11. The lowest BCUT2D eigenvalue weighted by Crippen LogP contribution is -3.00. The average Bonchev–Trinajstić information content (AvgIpc) is 2.93. The Morgan fingerprint density at radius 1 is 1.37 bits per heavy atom. The van der Waals surface area contributed by atoms with Crippen molar-refractivity contribution in [2.45, 2.75) is 26.8 Å². The molecule has 0 saturated heterocycles. The predicted octanol–water partition coefficient (Wildman–Crippen LogP) is -1.14. The van der Waals surface area contributed by atoms with Gasteiger partial charge in [0.25, 0.3) is 0 Å². The van der Waals surface area contributed by atoms with E-state index in [0.29, 0.717) is 0 Å². The topological polar surface area (TPSA) is 47.0 Å². The van der Waals surface area contributed by atoms with Crippen molar-refractivity contribution in [2.24, 2.45) is 0 Å². The number of halogens is 1. The molecule has 0 atom stereocenters. The minimum atomic E-state index is 0. The summed E-state index contributed by atoms with van der Waals surface area (Å²) in [6.07, 6.45) is 5.33. The average molecular weight is 387 g/mol. The summed E-state index contributed by atoms with van der Waals surface area (Å²) in [5.74, 6) is 0.824. The van der Waals surface area contributed by atoms with Gasteiger partial charge in [0.05, 0.1) is 5.56 Å². The lowest BCUT2D eigenvalue weighted by molar-refractivity contribution is -0.696. The van der Waals surface area contributed by atoms with Crippen LogP contribution in [0.4, 0.5) is 0 Å². The summed E-state index contributed by atoms with van der Waals surface area (Å²) in [5.41, 5.74) is 1.13. The van der Waals surface area contributed by atoms with Crippen LogP contribution >= 0.6 is 11.3 Å². The van der Waals surface area contributed by atoms with E-state index in [2.05, 4.69) is 51.3 Å². The van der Waals surface area contributed by atoms with Crippen molar-refractivity contribution in [2.75, 3.05) is 0 Å². The van der Waals surface area contributed by atoms with Gasteiger partial charge in [0.1, 0.15) is 6.54 Å². The highest BCUT2D eigenvalue weighted by molar-refractivity contribution is 7.19. The zero-order valence-electron chi connectivity index (χ0n) is 10.7. The van der Waals surface area contributed by atoms with Crippen LogP contribution in [0.5, 0.6) is 0 Å². The number of rotatable bonds is 3. The van der Waals surface area contributed by atoms with Crippen molar-refractivity contribution in [1.82, 2.24) is 19.8 Å². The summed E-state index contributed by atoms with van der Waals surface area (Å²) >= 11 is 1.56. The Labute approximate surface area is 132 Å². The first kappa shape index (κ1) is 14.3. The fourth-order valence-electron chi connectivity index (χ4n) is 1.88. The summed E-state index contributed by atoms with van der Waals surface area (Å²) in [4.78, 5) is 0.841. The molecule has 0 N–H and O–H groups in total. The summed E-state index contributed by atoms with van der Waals surface area (Å²) in [6, 6.07) is 4.13. The van der Waals surface area contributed by atoms with Gasteiger partial charge in [-0.25, -0.2) is 4.57 Å². The zero-order valence-corrected chi connectivity index (χ0v) is 13.7. The Morgan fingerprint density at radius 3 is 2.95 bits per heavy atom. The first-order valence-electron chi connectivity index (χ1n) is 5.96. The predicted molar refractivity (Wildman–Crippen MR) is 69.3 cm³/mol. The molecule has 3 aromatic heterocycles. The van der Waals surface area contributed by atoms with Crippen LogP contribution in [0.15, 0.2) is 24.5 Å². The molecule has 0 amide bonds. The molecule has 0 bridgehead atoms. The molecule has 3 aromatic rings. The van der Waals surface area contributed by atoms with Crippen LogP contribution in [-0.2, 0) is 6.54 Å². The monoisotopic (exact) mass is 387 g/mol. The Kier molecular flexibility index (Phi) is 4.46. The van der Waals surface area contributed by atoms with Crippen LogP contribution in [-0.4, -0.2) is 19.8 Å². The van der Waals surface area contributed by atoms with Crippen molar-refractivity contribution in [1.29, 1.82) is 0 Å². The van der Waals surface area contributed by atoms with Gasteiger partial charge in [-0.1, -0.05) is 18.3 Å². The van der Waals surface area contributed by atoms with Gasteiger partial charge in [0.2, 0.25) is 4.96 Å². The Balaban J connectivity index is 0.00000133. The van der Waals surface area contributed by atoms with Crippen LogP contribution in [0.2, 0.25) is 0 Å². The number of aromatic nitrogens is 5. The number of aryl methyl sites for hydroxylation is 2. The first-order valence-corrected chi connectivity index (χ1v) is 6.78. The summed E-state index contributed by atoms with van der Waals surface area (Å²) < 4.78 is 3.97. The third kappa shape index (κ3) is 2.76. The van der Waals surface area contributed by atoms with Crippen LogP contribution in [0, 0.1) is 6.92 Å². The molecule has 0 aliphatic rings. The van der Waals surface area contributed by atoms with Gasteiger partial charge in [-0.15, -0.1) is 10.2 Å². The third-order valence-corrected chi connectivity index (χ3v) is 3.68. The maximum atomic E-state index is 4.54. The van der Waals surface area contributed by atoms with Gasteiger partial charge in [0.15, 0.2) is 23.2 Å². The largest absolute Gasteiger partial charge is 1.00 e. The van der Waals surface area contributed by atoms with Crippen molar-refractivity contribution >= 4 is 16.3 Å². The molecule has 0 aromatic carbocycles. The molecule has 3 rings (SSSR count). The molecule has 0 radical (unpaired) electrons. The van der Waals surface area contributed by atoms with E-state index in [1.54, 1.807) is 15.9 Å². The van der Waals surface area contributed by atoms with E-state index in [1.807, 2.05) is 6.92 Å². The molecular weight excluding hydrogens is 373 g/mol. The van der Waals surface area contributed by atoms with Gasteiger partial charge in [0, 0.05) is 12.5 Å². The quantitative estimate of drug-likeness (QED) is 0.422. The minimum absolute atomic E-state index is 0. The number of hydrogen-bond donors (Lipinski definition) is 0. The molecule has 0 fully saturated rings. The number of nitrogens with zero attached hydrogens (tertiary/aromatic N) is 5. The standard InChI is InChI=1S/C12H14N5S.HI/c1-3-6-16-7-4-5-10(8-16)11-15-17-9(2)13-14-12(17)18-11;/h4-5,7-8H,3,6H2,1-2H3;1H/q+1;/p-1. The first-order chi connectivity index (χ1) is 8.78. The Morgan fingerprint density at radius 2 is 2.21 bits per heavy atom. The SMILES string of the molecule is CCC[n+]1cccc(-c2nn3c(C)nnc3s2)c1.[I-]. The van der Waals surface area contributed by atoms with Crippen LogP contribution in [0.25, 0.3) is 15.5 Å². The number of pyridine rings is 1. The van der Waals surface area contributed by atoms with Crippen molar-refractivity contribution in [3.63, 3.8) is 0 Å². The highest BCUT2D eigenvalue weighted by Crippen LogP contribution is 2.23. The van der Waals surface area contributed by atoms with Gasteiger partial charge in [-0.2, -0.15) is 9.61 Å². The van der Waals surface area contributed by atoms with E-state index >= 15 is 0 Å². The lowest BCUT2D eigenvalue weighted by atomic mass is 10.3. The molecular formula is C12H14IN5S. The Hall–Kier alpha value is -1.09. The maximum absolute atomic E-state index is 4.54. The van der Waals surface area contributed by atoms with Crippen LogP contribution in [0.1, 0.15) is 19.2 Å². The highest BCUT2D eigenvalue weighted by Gasteiger charge is 2.12. The van der Waals surface area contributed by atoms with Gasteiger partial charge in [-0.05, 0) is 13.0 Å². The van der Waals surface area contributed by atoms with Crippen LogP contribution < -0.4 is 28.5 Å². The van der Waals surface area contributed by atoms with E-state index in [-0.39, 0.29) is 24.0 Å². The van der Waals surface area contributed by atoms with E-state index in [4.69, 9.17) is 0 Å². The minimum Gasteiger partial charge on any atom is -1.00 e. The smallest absolute Gasteiger partial charge is 0.234 e. The van der Waals surface area contributed by atoms with Crippen LogP contribution in [0.3, 0.4) is 0 Å². The Bertz CT molecular complexity index is 690. The van der Waals surface area contributed by atoms with E-state index in [9.17, 15) is 0 Å². The van der Waals surface area contributed by atoms with E-state index < -0.39 is 0 Å². The molecule has 0 unspecified atom stereocenters. The van der Waals surface area contributed by atoms with Gasteiger partial charge < -0.3 is 24.0 Å². The van der Waals surface area contributed by atoms with Crippen molar-refractivity contribution in [3.8, 4) is 10.6 Å². The highest BCUT2D eigenvalue weighted by atomic mass is 127. The second kappa shape index (κ2) is 5.91. The molecule has 7 heteroatoms. The third-order valence-electron chi connectivity index (χ3n) is 2.73. The van der Waals surface area contributed by atoms with Crippen molar-refractivity contribution in [3.05, 3.63) is 30.4 Å². The molecule has 0 spiro atoms. The second-order valence-corrected chi connectivity index (χ2v) is 5.14. The second-order valence-electron chi connectivity index (χ2n) is 4.18. The van der Waals surface area contributed by atoms with E-state index in [1.165, 1.54) is 0 Å². The molecule has 3 heterocycles. The molecule has 0 aliphatic carbocycles. The molecule has 19 heavy (non-hydrogen) atoms. The van der Waals surface area contributed by atoms with Gasteiger partial charge >= 0.3 is 0 Å². The normalized spacial score (nSPS) is 10.6. The van der Waals surface area contributed by atoms with E-state index in [0.717, 1.165) is 34.3 Å². The molecule has 0 aliphatic heterocycles. The fraction of sp³-hybridized carbons (Fsp3) is 0.333. The molecule has 0 saturated carbocycles. The maximum Gasteiger partial charge on any atom is 0.234 e. The number of fused-ring (bicyclic) bond motifs is 1. The zero-order chi connectivity index (χ0) is 12.5. The van der Waals surface area contributed by atoms with Crippen molar-refractivity contribution < 1.29 is 28.5 Å². The lowest BCUT2D eigenvalue weighted by Gasteiger charge is -1.96. The summed E-state index contributed by atoms with van der Waals surface area (Å²) in [5, 5.41) is 13.6. The molecule has 100 valence electrons. The van der Waals surface area contributed by atoms with Gasteiger partial charge in [-0.3, -0.25) is 0 Å². The number of hydrogen-bond acceptors (Lipinski definition) is 4.